The lowest BCUT2D eigenvalue weighted by atomic mass is 10.1. The maximum atomic E-state index is 12.4. The average Bonchev–Trinajstić information content (AvgIpc) is 2.58. The zero-order valence-electron chi connectivity index (χ0n) is 11.9. The van der Waals surface area contributed by atoms with Gasteiger partial charge in [0.2, 0.25) is 5.91 Å². The molecule has 1 fully saturated rings. The molecule has 0 saturated carbocycles. The zero-order valence-corrected chi connectivity index (χ0v) is 12.6. The lowest BCUT2D eigenvalue weighted by Gasteiger charge is -2.26. The van der Waals surface area contributed by atoms with Gasteiger partial charge in [-0.05, 0) is 24.6 Å². The summed E-state index contributed by atoms with van der Waals surface area (Å²) < 4.78 is 0.145. The summed E-state index contributed by atoms with van der Waals surface area (Å²) in [5, 5.41) is 0.675. The van der Waals surface area contributed by atoms with Crippen molar-refractivity contribution < 1.29 is 14.1 Å². The smallest absolute Gasteiger partial charge is 0.368 e. The Hall–Kier alpha value is -1.59. The number of carbonyl (C=O) groups excluding carboxylic acids is 2. The van der Waals surface area contributed by atoms with Crippen molar-refractivity contribution in [1.82, 2.24) is 4.90 Å². The summed E-state index contributed by atoms with van der Waals surface area (Å²) in [5.74, 6) is -0.462. The molecule has 0 aliphatic carbocycles. The normalized spacial score (nSPS) is 26.1. The van der Waals surface area contributed by atoms with Crippen LogP contribution in [0.15, 0.2) is 18.2 Å². The molecular formula is C14H19ClN3O2+. The number of quaternary nitrogens is 1. The van der Waals surface area contributed by atoms with E-state index in [2.05, 4.69) is 0 Å². The second kappa shape index (κ2) is 5.07. The summed E-state index contributed by atoms with van der Waals surface area (Å²) >= 11 is 5.94. The minimum Gasteiger partial charge on any atom is -0.368 e. The van der Waals surface area contributed by atoms with Crippen LogP contribution in [0, 0.1) is 6.92 Å². The fourth-order valence-electron chi connectivity index (χ4n) is 2.72. The first kappa shape index (κ1) is 14.8. The van der Waals surface area contributed by atoms with Gasteiger partial charge in [0.1, 0.15) is 13.1 Å². The van der Waals surface area contributed by atoms with E-state index < -0.39 is 11.9 Å². The first-order valence-electron chi connectivity index (χ1n) is 6.41. The number of hydrogen-bond donors (Lipinski definition) is 1. The van der Waals surface area contributed by atoms with Crippen LogP contribution in [0.3, 0.4) is 0 Å². The van der Waals surface area contributed by atoms with Crippen molar-refractivity contribution in [3.8, 4) is 0 Å². The van der Waals surface area contributed by atoms with Crippen LogP contribution in [0.1, 0.15) is 11.1 Å². The molecule has 0 aromatic heterocycles. The van der Waals surface area contributed by atoms with Crippen LogP contribution < -0.4 is 5.73 Å². The van der Waals surface area contributed by atoms with E-state index >= 15 is 0 Å². The third kappa shape index (κ3) is 2.51. The Bertz CT molecular complexity index is 576. The monoisotopic (exact) mass is 296 g/mol. The first-order valence-corrected chi connectivity index (χ1v) is 6.78. The molecule has 2 rings (SSSR count). The second-order valence-corrected chi connectivity index (χ2v) is 6.06. The van der Waals surface area contributed by atoms with E-state index in [1.54, 1.807) is 7.05 Å². The third-order valence-corrected chi connectivity index (χ3v) is 4.19. The number of nitrogens with zero attached hydrogens (tertiary/aromatic N) is 2. The predicted molar refractivity (Wildman–Crippen MR) is 77.1 cm³/mol. The van der Waals surface area contributed by atoms with Crippen molar-refractivity contribution in [1.29, 1.82) is 0 Å². The highest BCUT2D eigenvalue weighted by Crippen LogP contribution is 2.26. The van der Waals surface area contributed by atoms with Crippen molar-refractivity contribution in [3.63, 3.8) is 0 Å². The molecule has 3 amide bonds. The molecule has 108 valence electrons. The highest BCUT2D eigenvalue weighted by Gasteiger charge is 2.50. The van der Waals surface area contributed by atoms with Gasteiger partial charge in [0.05, 0.1) is 7.05 Å². The van der Waals surface area contributed by atoms with E-state index in [0.717, 1.165) is 11.1 Å². The molecule has 5 nitrogen and oxygen atoms in total. The lowest BCUT2D eigenvalue weighted by Crippen LogP contribution is -2.46. The zero-order chi connectivity index (χ0) is 15.1. The number of urea groups is 1. The highest BCUT2D eigenvalue weighted by atomic mass is 35.5. The number of benzene rings is 1. The van der Waals surface area contributed by atoms with Crippen LogP contribution in [0.5, 0.6) is 0 Å². The first-order chi connectivity index (χ1) is 9.24. The van der Waals surface area contributed by atoms with Gasteiger partial charge >= 0.3 is 6.03 Å². The fraction of sp³-hybridized carbons (Fsp3) is 0.429. The molecule has 2 N–H and O–H groups in total. The minimum absolute atomic E-state index is 0.0943. The van der Waals surface area contributed by atoms with Gasteiger partial charge in [-0.15, -0.1) is 0 Å². The Morgan fingerprint density at radius 3 is 2.70 bits per heavy atom. The van der Waals surface area contributed by atoms with Gasteiger partial charge in [-0.2, -0.15) is 0 Å². The van der Waals surface area contributed by atoms with Gasteiger partial charge in [0.15, 0.2) is 6.04 Å². The molecule has 1 aliphatic heterocycles. The molecule has 20 heavy (non-hydrogen) atoms. The van der Waals surface area contributed by atoms with Gasteiger partial charge in [0, 0.05) is 17.6 Å². The van der Waals surface area contributed by atoms with E-state index in [9.17, 15) is 9.59 Å². The number of nitrogens with two attached hydrogens (primary N) is 1. The summed E-state index contributed by atoms with van der Waals surface area (Å²) in [7, 11) is 3.45. The molecule has 0 spiro atoms. The van der Waals surface area contributed by atoms with Crippen molar-refractivity contribution in [3.05, 3.63) is 34.3 Å². The number of aryl methyl sites for hydroxylation is 1. The van der Waals surface area contributed by atoms with Crippen molar-refractivity contribution in [2.75, 3.05) is 20.6 Å². The topological polar surface area (TPSA) is 63.4 Å². The maximum Gasteiger partial charge on any atom is 0.419 e. The predicted octanol–water partition coefficient (Wildman–Crippen LogP) is 1.51. The summed E-state index contributed by atoms with van der Waals surface area (Å²) in [5.41, 5.74) is 7.44. The largest absolute Gasteiger partial charge is 0.419 e. The maximum absolute atomic E-state index is 12.4. The molecular weight excluding hydrogens is 278 g/mol. The number of likely N-dealkylation sites (N-methyl/N-ethyl adjacent to an activating group) is 2. The summed E-state index contributed by atoms with van der Waals surface area (Å²) in [4.78, 5) is 25.2. The number of rotatable bonds is 3. The molecule has 1 saturated heterocycles. The van der Waals surface area contributed by atoms with Gasteiger partial charge in [0.25, 0.3) is 0 Å². The van der Waals surface area contributed by atoms with Gasteiger partial charge in [-0.3, -0.25) is 9.69 Å². The van der Waals surface area contributed by atoms with Crippen LogP contribution in [0.25, 0.3) is 0 Å². The van der Waals surface area contributed by atoms with E-state index in [0.29, 0.717) is 18.1 Å². The minimum atomic E-state index is -0.542. The Kier molecular flexibility index (Phi) is 3.75. The van der Waals surface area contributed by atoms with Crippen LogP contribution >= 0.6 is 11.6 Å². The lowest BCUT2D eigenvalue weighted by molar-refractivity contribution is -0.835. The average molecular weight is 297 g/mol. The summed E-state index contributed by atoms with van der Waals surface area (Å²) in [6, 6.07) is 4.97. The fourth-order valence-corrected chi connectivity index (χ4v) is 2.95. The molecule has 0 bridgehead atoms. The molecule has 1 heterocycles. The molecule has 1 aliphatic rings. The Morgan fingerprint density at radius 1 is 1.55 bits per heavy atom. The number of carbonyl (C=O) groups is 2. The Balaban J connectivity index is 2.28. The third-order valence-electron chi connectivity index (χ3n) is 3.96. The summed E-state index contributed by atoms with van der Waals surface area (Å²) in [6.07, 6.45) is 0. The van der Waals surface area contributed by atoms with Crippen LogP contribution in [-0.2, 0) is 11.3 Å². The number of primary amides is 1. The van der Waals surface area contributed by atoms with E-state index in [1.165, 1.54) is 4.90 Å². The van der Waals surface area contributed by atoms with Crippen molar-refractivity contribution >= 4 is 23.5 Å². The van der Waals surface area contributed by atoms with Crippen LogP contribution in [-0.4, -0.2) is 48.0 Å². The second-order valence-electron chi connectivity index (χ2n) is 5.62. The van der Waals surface area contributed by atoms with E-state index in [4.69, 9.17) is 17.3 Å². The van der Waals surface area contributed by atoms with Gasteiger partial charge in [-0.1, -0.05) is 17.7 Å². The van der Waals surface area contributed by atoms with Gasteiger partial charge < -0.3 is 5.73 Å². The van der Waals surface area contributed by atoms with Crippen LogP contribution in [0.4, 0.5) is 4.79 Å². The van der Waals surface area contributed by atoms with Crippen molar-refractivity contribution in [2.45, 2.75) is 19.5 Å². The molecule has 6 heteroatoms. The van der Waals surface area contributed by atoms with Crippen LogP contribution in [0.2, 0.25) is 5.02 Å². The molecule has 1 aromatic carbocycles. The SMILES string of the molecule is Cc1cc(Cl)ccc1C[N+]1(C)CC(C(N)=O)N(C)C1=O. The standard InChI is InChI=1S/C14H18ClN3O2/c1-9-6-11(15)5-4-10(9)7-18(3)8-12(13(16)19)17(2)14(18)20/h4-6,12H,7-8H2,1-3H3,(H-,16,19)/p+1. The Morgan fingerprint density at radius 2 is 2.20 bits per heavy atom. The number of amides is 3. The molecule has 2 atom stereocenters. The van der Waals surface area contributed by atoms with E-state index in [1.807, 2.05) is 32.2 Å². The van der Waals surface area contributed by atoms with Gasteiger partial charge in [-0.25, -0.2) is 9.28 Å². The van der Waals surface area contributed by atoms with E-state index in [-0.39, 0.29) is 10.5 Å². The van der Waals surface area contributed by atoms with Crippen molar-refractivity contribution in [2.24, 2.45) is 5.73 Å². The molecule has 1 aromatic rings. The number of halogens is 1. The molecule has 2 unspecified atom stereocenters. The quantitative estimate of drug-likeness (QED) is 0.860. The summed E-state index contributed by atoms with van der Waals surface area (Å²) in [6.45, 7) is 2.88. The Labute approximate surface area is 123 Å². The number of hydrogen-bond acceptors (Lipinski definition) is 2. The molecule has 0 radical (unpaired) electrons. The highest BCUT2D eigenvalue weighted by molar-refractivity contribution is 6.30.